The number of fused-ring (bicyclic) bond motifs is 1. The topological polar surface area (TPSA) is 79.5 Å². The summed E-state index contributed by atoms with van der Waals surface area (Å²) in [5.74, 6) is 0. The first-order chi connectivity index (χ1) is 7.65. The molecule has 1 aromatic rings. The Morgan fingerprint density at radius 3 is 2.75 bits per heavy atom. The van der Waals surface area contributed by atoms with Crippen molar-refractivity contribution in [2.45, 2.75) is 6.04 Å². The summed E-state index contributed by atoms with van der Waals surface area (Å²) in [6, 6.07) is 5.66. The van der Waals surface area contributed by atoms with E-state index in [1.54, 1.807) is 24.3 Å². The van der Waals surface area contributed by atoms with Crippen LogP contribution in [0, 0.1) is 10.1 Å². The molecular weight excluding hydrogens is 230 g/mol. The van der Waals surface area contributed by atoms with Crippen LogP contribution in [-0.4, -0.2) is 15.4 Å². The summed E-state index contributed by atoms with van der Waals surface area (Å²) >= 11 is 5.82. The second-order valence-electron chi connectivity index (χ2n) is 3.28. The van der Waals surface area contributed by atoms with Gasteiger partial charge in [0.15, 0.2) is 0 Å². The summed E-state index contributed by atoms with van der Waals surface area (Å²) in [6.07, 6.45) is 1.26. The highest BCUT2D eigenvalue weighted by Gasteiger charge is 2.35. The number of hydrogen-bond donors (Lipinski definition) is 0. The van der Waals surface area contributed by atoms with Crippen LogP contribution in [-0.2, 0) is 0 Å². The zero-order valence-corrected chi connectivity index (χ0v) is 8.76. The summed E-state index contributed by atoms with van der Waals surface area (Å²) in [5.41, 5.74) is 9.95. The number of nitrogens with zero attached hydrogens (tertiary/aromatic N) is 3. The molecule has 0 bridgehead atoms. The average molecular weight is 236 g/mol. The number of nitro groups is 1. The van der Waals surface area contributed by atoms with Crippen molar-refractivity contribution in [3.63, 3.8) is 0 Å². The highest BCUT2D eigenvalue weighted by atomic mass is 35.5. The van der Waals surface area contributed by atoms with E-state index in [0.29, 0.717) is 11.1 Å². The molecule has 0 fully saturated rings. The Morgan fingerprint density at radius 2 is 2.12 bits per heavy atom. The van der Waals surface area contributed by atoms with Gasteiger partial charge in [-0.1, -0.05) is 29.8 Å². The standard InChI is InChI=1S/C10H6ClN3O2/c11-8-5-9(14(15)16)6-3-1-2-4-7(6)10(8)13-12/h1-5,9H. The van der Waals surface area contributed by atoms with Crippen molar-refractivity contribution in [2.24, 2.45) is 0 Å². The number of hydrogen-bond acceptors (Lipinski definition) is 2. The quantitative estimate of drug-likeness (QED) is 0.324. The molecule has 0 heterocycles. The molecule has 0 radical (unpaired) electrons. The van der Waals surface area contributed by atoms with Gasteiger partial charge in [0, 0.05) is 16.6 Å². The lowest BCUT2D eigenvalue weighted by Gasteiger charge is -2.13. The van der Waals surface area contributed by atoms with Gasteiger partial charge in [-0.2, -0.15) is 4.79 Å². The molecule has 1 atom stereocenters. The highest BCUT2D eigenvalue weighted by Crippen LogP contribution is 2.31. The molecule has 16 heavy (non-hydrogen) atoms. The first kappa shape index (κ1) is 10.5. The third kappa shape index (κ3) is 1.52. The van der Waals surface area contributed by atoms with Crippen molar-refractivity contribution in [3.05, 3.63) is 62.1 Å². The molecule has 5 nitrogen and oxygen atoms in total. The first-order valence-corrected chi connectivity index (χ1v) is 4.85. The molecule has 0 amide bonds. The minimum atomic E-state index is -0.991. The van der Waals surface area contributed by atoms with Crippen LogP contribution in [0.15, 0.2) is 35.4 Å². The van der Waals surface area contributed by atoms with Gasteiger partial charge in [-0.3, -0.25) is 10.1 Å². The van der Waals surface area contributed by atoms with E-state index >= 15 is 0 Å². The average Bonchev–Trinajstić information content (AvgIpc) is 2.28. The van der Waals surface area contributed by atoms with Crippen LogP contribution in [0.4, 0.5) is 0 Å². The van der Waals surface area contributed by atoms with E-state index in [1.165, 1.54) is 6.08 Å². The van der Waals surface area contributed by atoms with Gasteiger partial charge in [0.2, 0.25) is 0 Å². The van der Waals surface area contributed by atoms with Gasteiger partial charge in [-0.15, -0.1) is 0 Å². The Hall–Kier alpha value is -1.97. The van der Waals surface area contributed by atoms with Crippen LogP contribution in [0.25, 0.3) is 5.53 Å². The SMILES string of the molecule is [N-]=[N+]=C1C(Cl)=CC([N+](=O)[O-])c2ccccc21. The Morgan fingerprint density at radius 1 is 1.44 bits per heavy atom. The molecule has 0 N–H and O–H groups in total. The molecule has 1 aliphatic rings. The molecule has 0 aliphatic heterocycles. The lowest BCUT2D eigenvalue weighted by molar-refractivity contribution is -0.515. The first-order valence-electron chi connectivity index (χ1n) is 4.47. The van der Waals surface area contributed by atoms with E-state index in [4.69, 9.17) is 17.1 Å². The Kier molecular flexibility index (Phi) is 2.56. The zero-order chi connectivity index (χ0) is 11.7. The molecule has 0 spiro atoms. The zero-order valence-electron chi connectivity index (χ0n) is 8.00. The predicted octanol–water partition coefficient (Wildman–Crippen LogP) is 2.16. The summed E-state index contributed by atoms with van der Waals surface area (Å²) in [7, 11) is 0. The molecule has 6 heteroatoms. The molecule has 2 rings (SSSR count). The molecule has 80 valence electrons. The van der Waals surface area contributed by atoms with E-state index in [2.05, 4.69) is 4.79 Å². The third-order valence-electron chi connectivity index (χ3n) is 2.39. The van der Waals surface area contributed by atoms with Crippen molar-refractivity contribution in [1.29, 1.82) is 0 Å². The van der Waals surface area contributed by atoms with E-state index < -0.39 is 11.0 Å². The van der Waals surface area contributed by atoms with Gasteiger partial charge in [0.05, 0.1) is 5.56 Å². The van der Waals surface area contributed by atoms with Crippen molar-refractivity contribution in [2.75, 3.05) is 0 Å². The largest absolute Gasteiger partial charge is 0.361 e. The minimum absolute atomic E-state index is 0.0860. The number of benzene rings is 1. The normalized spacial score (nSPS) is 18.4. The molecule has 1 aliphatic carbocycles. The highest BCUT2D eigenvalue weighted by molar-refractivity contribution is 6.45. The number of halogens is 1. The van der Waals surface area contributed by atoms with Crippen LogP contribution in [0.5, 0.6) is 0 Å². The number of allylic oxidation sites excluding steroid dienone is 1. The van der Waals surface area contributed by atoms with Crippen molar-refractivity contribution < 1.29 is 9.71 Å². The molecule has 1 aromatic carbocycles. The van der Waals surface area contributed by atoms with Gasteiger partial charge in [-0.25, -0.2) is 0 Å². The van der Waals surface area contributed by atoms with Crippen LogP contribution in [0.1, 0.15) is 17.2 Å². The van der Waals surface area contributed by atoms with Crippen LogP contribution >= 0.6 is 11.6 Å². The summed E-state index contributed by atoms with van der Waals surface area (Å²) in [5, 5.41) is 10.9. The number of rotatable bonds is 1. The fraction of sp³-hybridized carbons (Fsp3) is 0.100. The molecular formula is C10H6ClN3O2. The van der Waals surface area contributed by atoms with Crippen LogP contribution < -0.4 is 0 Å². The van der Waals surface area contributed by atoms with Gasteiger partial charge in [-0.05, 0) is 6.07 Å². The fourth-order valence-corrected chi connectivity index (χ4v) is 1.94. The fourth-order valence-electron chi connectivity index (χ4n) is 1.68. The van der Waals surface area contributed by atoms with Gasteiger partial charge < -0.3 is 5.53 Å². The Balaban J connectivity index is 2.71. The summed E-state index contributed by atoms with van der Waals surface area (Å²) < 4.78 is 0. The van der Waals surface area contributed by atoms with Gasteiger partial charge in [0.25, 0.3) is 6.04 Å². The Bertz CT molecular complexity index is 547. The molecule has 1 unspecified atom stereocenters. The Labute approximate surface area is 95.7 Å². The maximum Gasteiger partial charge on any atom is 0.341 e. The summed E-state index contributed by atoms with van der Waals surface area (Å²) in [4.78, 5) is 13.5. The molecule has 0 aromatic heterocycles. The van der Waals surface area contributed by atoms with Gasteiger partial charge in [0.1, 0.15) is 5.03 Å². The maximum absolute atomic E-state index is 10.9. The lowest BCUT2D eigenvalue weighted by atomic mass is 9.92. The maximum atomic E-state index is 10.9. The van der Waals surface area contributed by atoms with E-state index in [-0.39, 0.29) is 10.7 Å². The van der Waals surface area contributed by atoms with Crippen molar-refractivity contribution in [3.8, 4) is 0 Å². The molecule has 0 saturated heterocycles. The molecule has 0 saturated carbocycles. The van der Waals surface area contributed by atoms with Gasteiger partial charge >= 0.3 is 5.71 Å². The lowest BCUT2D eigenvalue weighted by Crippen LogP contribution is -2.19. The smallest absolute Gasteiger partial charge is 0.341 e. The predicted molar refractivity (Wildman–Crippen MR) is 57.8 cm³/mol. The van der Waals surface area contributed by atoms with E-state index in [0.717, 1.165) is 0 Å². The third-order valence-corrected chi connectivity index (χ3v) is 2.70. The summed E-state index contributed by atoms with van der Waals surface area (Å²) in [6.45, 7) is 0. The van der Waals surface area contributed by atoms with E-state index in [9.17, 15) is 10.1 Å². The van der Waals surface area contributed by atoms with Crippen molar-refractivity contribution in [1.82, 2.24) is 0 Å². The second-order valence-corrected chi connectivity index (χ2v) is 3.69. The van der Waals surface area contributed by atoms with Crippen LogP contribution in [0.2, 0.25) is 0 Å². The second kappa shape index (κ2) is 3.89. The monoisotopic (exact) mass is 235 g/mol. The van der Waals surface area contributed by atoms with Crippen LogP contribution in [0.3, 0.4) is 0 Å². The minimum Gasteiger partial charge on any atom is -0.361 e. The van der Waals surface area contributed by atoms with E-state index in [1.807, 2.05) is 0 Å². The van der Waals surface area contributed by atoms with Crippen molar-refractivity contribution >= 4 is 17.3 Å².